The highest BCUT2D eigenvalue weighted by Crippen LogP contribution is 2.23. The lowest BCUT2D eigenvalue weighted by Crippen LogP contribution is -2.56. The molecule has 1 aliphatic rings. The van der Waals surface area contributed by atoms with Gasteiger partial charge in [0.15, 0.2) is 0 Å². The SMILES string of the molecule is COc1ccccc1C(=O)N1CC(Oc2ccccn2)C1. The molecular formula is C16H16N2O3. The number of nitrogens with zero attached hydrogens (tertiary/aromatic N) is 2. The number of likely N-dealkylation sites (tertiary alicyclic amines) is 1. The summed E-state index contributed by atoms with van der Waals surface area (Å²) in [5.74, 6) is 1.15. The van der Waals surface area contributed by atoms with Gasteiger partial charge in [0.05, 0.1) is 25.8 Å². The van der Waals surface area contributed by atoms with Crippen molar-refractivity contribution in [3.8, 4) is 11.6 Å². The molecule has 0 unspecified atom stereocenters. The van der Waals surface area contributed by atoms with Gasteiger partial charge in [-0.25, -0.2) is 4.98 Å². The molecule has 1 aliphatic heterocycles. The van der Waals surface area contributed by atoms with Crippen molar-refractivity contribution in [2.24, 2.45) is 0 Å². The van der Waals surface area contributed by atoms with Gasteiger partial charge >= 0.3 is 0 Å². The van der Waals surface area contributed by atoms with Crippen LogP contribution < -0.4 is 9.47 Å². The highest BCUT2D eigenvalue weighted by molar-refractivity contribution is 5.97. The van der Waals surface area contributed by atoms with Crippen LogP contribution in [-0.4, -0.2) is 42.1 Å². The van der Waals surface area contributed by atoms with E-state index in [-0.39, 0.29) is 12.0 Å². The first kappa shape index (κ1) is 13.4. The van der Waals surface area contributed by atoms with Gasteiger partial charge in [0.1, 0.15) is 11.9 Å². The predicted molar refractivity (Wildman–Crippen MR) is 77.6 cm³/mol. The first-order chi connectivity index (χ1) is 10.3. The van der Waals surface area contributed by atoms with Crippen LogP contribution in [0.5, 0.6) is 11.6 Å². The minimum Gasteiger partial charge on any atom is -0.496 e. The maximum atomic E-state index is 12.4. The second-order valence-corrected chi connectivity index (χ2v) is 4.82. The van der Waals surface area contributed by atoms with Crippen LogP contribution in [0.3, 0.4) is 0 Å². The Balaban J connectivity index is 1.60. The van der Waals surface area contributed by atoms with E-state index in [4.69, 9.17) is 9.47 Å². The van der Waals surface area contributed by atoms with Crippen LogP contribution in [0.15, 0.2) is 48.7 Å². The van der Waals surface area contributed by atoms with E-state index < -0.39 is 0 Å². The standard InChI is InChI=1S/C16H16N2O3/c1-20-14-7-3-2-6-13(14)16(19)18-10-12(11-18)21-15-8-4-5-9-17-15/h2-9,12H,10-11H2,1H3. The lowest BCUT2D eigenvalue weighted by atomic mass is 10.1. The van der Waals surface area contributed by atoms with Gasteiger partial charge in [-0.05, 0) is 18.2 Å². The summed E-state index contributed by atoms with van der Waals surface area (Å²) < 4.78 is 10.9. The first-order valence-electron chi connectivity index (χ1n) is 6.78. The van der Waals surface area contributed by atoms with Crippen molar-refractivity contribution in [3.63, 3.8) is 0 Å². The maximum Gasteiger partial charge on any atom is 0.257 e. The fraction of sp³-hybridized carbons (Fsp3) is 0.250. The molecule has 108 valence electrons. The molecule has 5 nitrogen and oxygen atoms in total. The monoisotopic (exact) mass is 284 g/mol. The molecule has 1 aromatic heterocycles. The molecule has 5 heteroatoms. The molecule has 0 radical (unpaired) electrons. The number of amides is 1. The molecule has 0 bridgehead atoms. The Labute approximate surface area is 123 Å². The number of benzene rings is 1. The number of hydrogen-bond acceptors (Lipinski definition) is 4. The number of methoxy groups -OCH3 is 1. The number of pyridine rings is 1. The fourth-order valence-electron chi connectivity index (χ4n) is 2.26. The number of carbonyl (C=O) groups excluding carboxylic acids is 1. The van der Waals surface area contributed by atoms with Crippen LogP contribution in [0.25, 0.3) is 0 Å². The van der Waals surface area contributed by atoms with Crippen molar-refractivity contribution in [1.29, 1.82) is 0 Å². The quantitative estimate of drug-likeness (QED) is 0.861. The van der Waals surface area contributed by atoms with Crippen molar-refractivity contribution in [2.45, 2.75) is 6.10 Å². The molecule has 21 heavy (non-hydrogen) atoms. The topological polar surface area (TPSA) is 51.7 Å². The van der Waals surface area contributed by atoms with E-state index in [1.165, 1.54) is 0 Å². The number of ether oxygens (including phenoxy) is 2. The van der Waals surface area contributed by atoms with E-state index in [0.717, 1.165) is 0 Å². The largest absolute Gasteiger partial charge is 0.496 e. The van der Waals surface area contributed by atoms with E-state index in [1.807, 2.05) is 30.3 Å². The van der Waals surface area contributed by atoms with Crippen LogP contribution >= 0.6 is 0 Å². The molecule has 0 atom stereocenters. The van der Waals surface area contributed by atoms with E-state index in [0.29, 0.717) is 30.3 Å². The highest BCUT2D eigenvalue weighted by Gasteiger charge is 2.34. The second-order valence-electron chi connectivity index (χ2n) is 4.82. The van der Waals surface area contributed by atoms with Gasteiger partial charge in [-0.3, -0.25) is 4.79 Å². The molecule has 1 aromatic carbocycles. The van der Waals surface area contributed by atoms with Crippen molar-refractivity contribution in [2.75, 3.05) is 20.2 Å². The third kappa shape index (κ3) is 2.81. The van der Waals surface area contributed by atoms with Gasteiger partial charge in [-0.15, -0.1) is 0 Å². The third-order valence-electron chi connectivity index (χ3n) is 3.40. The van der Waals surface area contributed by atoms with E-state index >= 15 is 0 Å². The Morgan fingerprint density at radius 1 is 1.19 bits per heavy atom. The zero-order chi connectivity index (χ0) is 14.7. The van der Waals surface area contributed by atoms with Gasteiger partial charge in [-0.1, -0.05) is 18.2 Å². The van der Waals surface area contributed by atoms with Crippen molar-refractivity contribution >= 4 is 5.91 Å². The summed E-state index contributed by atoms with van der Waals surface area (Å²) in [5, 5.41) is 0. The Hall–Kier alpha value is -2.56. The van der Waals surface area contributed by atoms with Crippen LogP contribution in [0.4, 0.5) is 0 Å². The van der Waals surface area contributed by atoms with Crippen LogP contribution in [0, 0.1) is 0 Å². The summed E-state index contributed by atoms with van der Waals surface area (Å²) in [5.41, 5.74) is 0.580. The van der Waals surface area contributed by atoms with E-state index in [1.54, 1.807) is 30.3 Å². The first-order valence-corrected chi connectivity index (χ1v) is 6.78. The zero-order valence-electron chi connectivity index (χ0n) is 11.7. The number of rotatable bonds is 4. The van der Waals surface area contributed by atoms with E-state index in [9.17, 15) is 4.79 Å². The van der Waals surface area contributed by atoms with Crippen molar-refractivity contribution in [1.82, 2.24) is 9.88 Å². The Morgan fingerprint density at radius 3 is 2.67 bits per heavy atom. The number of para-hydroxylation sites is 1. The van der Waals surface area contributed by atoms with Gasteiger partial charge in [0.2, 0.25) is 5.88 Å². The number of carbonyl (C=O) groups is 1. The fourth-order valence-corrected chi connectivity index (χ4v) is 2.26. The average Bonchev–Trinajstić information content (AvgIpc) is 2.51. The maximum absolute atomic E-state index is 12.4. The van der Waals surface area contributed by atoms with Gasteiger partial charge in [-0.2, -0.15) is 0 Å². The zero-order valence-corrected chi connectivity index (χ0v) is 11.7. The average molecular weight is 284 g/mol. The molecular weight excluding hydrogens is 268 g/mol. The van der Waals surface area contributed by atoms with Crippen LogP contribution in [-0.2, 0) is 0 Å². The van der Waals surface area contributed by atoms with Gasteiger partial charge in [0, 0.05) is 12.3 Å². The summed E-state index contributed by atoms with van der Waals surface area (Å²) in [6, 6.07) is 12.8. The molecule has 2 heterocycles. The molecule has 3 rings (SSSR count). The molecule has 0 N–H and O–H groups in total. The highest BCUT2D eigenvalue weighted by atomic mass is 16.5. The summed E-state index contributed by atoms with van der Waals surface area (Å²) in [4.78, 5) is 18.2. The smallest absolute Gasteiger partial charge is 0.257 e. The van der Waals surface area contributed by atoms with E-state index in [2.05, 4.69) is 4.98 Å². The Kier molecular flexibility index (Phi) is 3.73. The Bertz CT molecular complexity index is 624. The third-order valence-corrected chi connectivity index (χ3v) is 3.40. The van der Waals surface area contributed by atoms with Crippen molar-refractivity contribution < 1.29 is 14.3 Å². The number of hydrogen-bond donors (Lipinski definition) is 0. The molecule has 1 saturated heterocycles. The molecule has 0 aliphatic carbocycles. The minimum absolute atomic E-state index is 0.00134. The van der Waals surface area contributed by atoms with Crippen LogP contribution in [0.2, 0.25) is 0 Å². The molecule has 0 saturated carbocycles. The molecule has 2 aromatic rings. The molecule has 1 fully saturated rings. The summed E-state index contributed by atoms with van der Waals surface area (Å²) >= 11 is 0. The minimum atomic E-state index is -0.0340. The molecule has 0 spiro atoms. The van der Waals surface area contributed by atoms with Crippen molar-refractivity contribution in [3.05, 3.63) is 54.2 Å². The lowest BCUT2D eigenvalue weighted by molar-refractivity contribution is 0.0158. The number of aromatic nitrogens is 1. The van der Waals surface area contributed by atoms with Gasteiger partial charge < -0.3 is 14.4 Å². The van der Waals surface area contributed by atoms with Crippen LogP contribution in [0.1, 0.15) is 10.4 Å². The Morgan fingerprint density at radius 2 is 1.95 bits per heavy atom. The summed E-state index contributed by atoms with van der Waals surface area (Å²) in [6.45, 7) is 1.13. The normalized spacial score (nSPS) is 14.4. The predicted octanol–water partition coefficient (Wildman–Crippen LogP) is 1.99. The summed E-state index contributed by atoms with van der Waals surface area (Å²) in [7, 11) is 1.56. The molecule has 1 amide bonds. The summed E-state index contributed by atoms with van der Waals surface area (Å²) in [6.07, 6.45) is 1.68. The lowest BCUT2D eigenvalue weighted by Gasteiger charge is -2.38. The van der Waals surface area contributed by atoms with Gasteiger partial charge in [0.25, 0.3) is 5.91 Å². The second kappa shape index (κ2) is 5.83.